The molecule has 70 valence electrons. The maximum absolute atomic E-state index is 12.0. The van der Waals surface area contributed by atoms with Crippen LogP contribution in [0.2, 0.25) is 0 Å². The second-order valence-corrected chi connectivity index (χ2v) is 5.16. The van der Waals surface area contributed by atoms with Crippen molar-refractivity contribution in [2.45, 2.75) is 31.2 Å². The normalized spacial score (nSPS) is 34.8. The van der Waals surface area contributed by atoms with Crippen molar-refractivity contribution in [2.75, 3.05) is 6.54 Å². The van der Waals surface area contributed by atoms with Gasteiger partial charge in [-0.3, -0.25) is 0 Å². The first-order chi connectivity index (χ1) is 5.47. The molecule has 0 aromatic heterocycles. The van der Waals surface area contributed by atoms with Crippen molar-refractivity contribution in [3.8, 4) is 0 Å². The van der Waals surface area contributed by atoms with E-state index >= 15 is 0 Å². The van der Waals surface area contributed by atoms with E-state index in [1.54, 1.807) is 0 Å². The largest absolute Gasteiger partial charge is 0.627 e. The van der Waals surface area contributed by atoms with Gasteiger partial charge in [-0.05, 0) is 34.9 Å². The summed E-state index contributed by atoms with van der Waals surface area (Å²) in [5, 5.41) is 12.0. The number of hydroxylamine groups is 3. The van der Waals surface area contributed by atoms with Crippen LogP contribution >= 0.6 is 22.6 Å². The molecule has 2 nitrogen and oxygen atoms in total. The number of hydrogen-bond donors (Lipinski definition) is 0. The minimum atomic E-state index is -0.0846. The topological polar surface area (TPSA) is 23.1 Å². The van der Waals surface area contributed by atoms with Crippen molar-refractivity contribution in [3.63, 3.8) is 0 Å². The molecule has 3 heteroatoms. The number of rotatable bonds is 3. The zero-order chi connectivity index (χ0) is 9.35. The maximum Gasteiger partial charge on any atom is 0.168 e. The van der Waals surface area contributed by atoms with Gasteiger partial charge in [0.1, 0.15) is 5.70 Å². The third-order valence-corrected chi connectivity index (χ3v) is 3.67. The van der Waals surface area contributed by atoms with Crippen LogP contribution in [-0.2, 0) is 0 Å². The summed E-state index contributed by atoms with van der Waals surface area (Å²) in [5.74, 6) is 0.631. The van der Waals surface area contributed by atoms with Crippen molar-refractivity contribution in [1.82, 2.24) is 0 Å². The predicted octanol–water partition coefficient (Wildman–Crippen LogP) is 3.03. The lowest BCUT2D eigenvalue weighted by Crippen LogP contribution is -2.52. The average Bonchev–Trinajstić information content (AvgIpc) is 2.00. The van der Waals surface area contributed by atoms with Crippen molar-refractivity contribution in [2.24, 2.45) is 5.92 Å². The third kappa shape index (κ3) is 1.83. The summed E-state index contributed by atoms with van der Waals surface area (Å²) in [6.45, 7) is 7.00. The molecule has 0 fully saturated rings. The van der Waals surface area contributed by atoms with Crippen molar-refractivity contribution in [1.29, 1.82) is 0 Å². The van der Waals surface area contributed by atoms with Crippen molar-refractivity contribution in [3.05, 3.63) is 17.0 Å². The van der Waals surface area contributed by atoms with Gasteiger partial charge in [-0.1, -0.05) is 13.8 Å². The highest BCUT2D eigenvalue weighted by Gasteiger charge is 2.36. The smallest absolute Gasteiger partial charge is 0.168 e. The highest BCUT2D eigenvalue weighted by molar-refractivity contribution is 14.1. The zero-order valence-corrected chi connectivity index (χ0v) is 10.0. The fourth-order valence-electron chi connectivity index (χ4n) is 1.31. The molecule has 12 heavy (non-hydrogen) atoms. The molecule has 0 radical (unpaired) electrons. The van der Waals surface area contributed by atoms with Gasteiger partial charge < -0.3 is 9.85 Å². The molecule has 0 saturated heterocycles. The Morgan fingerprint density at radius 3 is 2.58 bits per heavy atom. The van der Waals surface area contributed by atoms with Gasteiger partial charge in [-0.25, -0.2) is 0 Å². The van der Waals surface area contributed by atoms with Gasteiger partial charge in [0.2, 0.25) is 0 Å². The summed E-state index contributed by atoms with van der Waals surface area (Å²) in [5.41, 5.74) is 0.982. The van der Waals surface area contributed by atoms with E-state index in [4.69, 9.17) is 0 Å². The van der Waals surface area contributed by atoms with Gasteiger partial charge in [-0.15, -0.1) is 0 Å². The molecule has 1 aliphatic rings. The summed E-state index contributed by atoms with van der Waals surface area (Å²) in [6.07, 6.45) is 3.07. The molecule has 0 aromatic rings. The molecule has 1 heterocycles. The molecular weight excluding hydrogens is 265 g/mol. The average molecular weight is 281 g/mol. The Morgan fingerprint density at radius 1 is 1.67 bits per heavy atom. The number of halogens is 1. The van der Waals surface area contributed by atoms with Crippen LogP contribution in [0, 0.1) is 11.1 Å². The Morgan fingerprint density at radius 2 is 2.25 bits per heavy atom. The molecule has 1 aliphatic heterocycles. The Bertz CT molecular complexity index is 203. The first-order valence-electron chi connectivity index (χ1n) is 4.38. The third-order valence-electron chi connectivity index (χ3n) is 2.41. The monoisotopic (exact) mass is 281 g/mol. The molecule has 1 rings (SSSR count). The molecular formula is C9H16INO. The summed E-state index contributed by atoms with van der Waals surface area (Å²) in [7, 11) is 0. The maximum atomic E-state index is 12.0. The molecule has 0 aromatic carbocycles. The summed E-state index contributed by atoms with van der Waals surface area (Å²) in [6, 6.07) is 0. The van der Waals surface area contributed by atoms with E-state index in [1.165, 1.54) is 0 Å². The highest BCUT2D eigenvalue weighted by atomic mass is 127. The Kier molecular flexibility index (Phi) is 3.17. The number of hydrogen-bond acceptors (Lipinski definition) is 1. The second kappa shape index (κ2) is 3.64. The lowest BCUT2D eigenvalue weighted by atomic mass is 10.1. The molecule has 0 amide bonds. The zero-order valence-electron chi connectivity index (χ0n) is 7.88. The van der Waals surface area contributed by atoms with Gasteiger partial charge in [-0.2, -0.15) is 0 Å². The standard InChI is InChI=1S/C9H16INO/c1-7(2)4-5-11(12)8(3)6-9(11)10/h6-7,9H,4-5H2,1-3H3. The lowest BCUT2D eigenvalue weighted by Gasteiger charge is -2.51. The van der Waals surface area contributed by atoms with E-state index in [1.807, 2.05) is 13.0 Å². The first kappa shape index (κ1) is 10.5. The summed E-state index contributed by atoms with van der Waals surface area (Å²) in [4.78, 5) is 0. The molecule has 0 bridgehead atoms. The van der Waals surface area contributed by atoms with Gasteiger partial charge >= 0.3 is 0 Å². The van der Waals surface area contributed by atoms with Crippen LogP contribution in [-0.4, -0.2) is 15.2 Å². The van der Waals surface area contributed by atoms with Crippen LogP contribution in [0.5, 0.6) is 0 Å². The van der Waals surface area contributed by atoms with Crippen LogP contribution in [0.1, 0.15) is 27.2 Å². The fourth-order valence-corrected chi connectivity index (χ4v) is 2.55. The van der Waals surface area contributed by atoms with E-state index in [0.29, 0.717) is 5.92 Å². The predicted molar refractivity (Wildman–Crippen MR) is 59.5 cm³/mol. The molecule has 2 unspecified atom stereocenters. The molecule has 0 aliphatic carbocycles. The molecule has 0 spiro atoms. The number of quaternary nitrogens is 1. The van der Waals surface area contributed by atoms with Gasteiger partial charge in [0.05, 0.1) is 6.54 Å². The second-order valence-electron chi connectivity index (χ2n) is 3.88. The van der Waals surface area contributed by atoms with E-state index in [9.17, 15) is 5.21 Å². The fraction of sp³-hybridized carbons (Fsp3) is 0.778. The quantitative estimate of drug-likeness (QED) is 0.256. The number of nitrogens with zero attached hydrogens (tertiary/aromatic N) is 1. The van der Waals surface area contributed by atoms with Gasteiger partial charge in [0, 0.05) is 13.0 Å². The lowest BCUT2D eigenvalue weighted by molar-refractivity contribution is -0.861. The summed E-state index contributed by atoms with van der Waals surface area (Å²) >= 11 is 2.22. The van der Waals surface area contributed by atoms with E-state index in [0.717, 1.165) is 18.7 Å². The van der Waals surface area contributed by atoms with Crippen LogP contribution in [0.15, 0.2) is 11.8 Å². The van der Waals surface area contributed by atoms with E-state index in [2.05, 4.69) is 36.4 Å². The van der Waals surface area contributed by atoms with Crippen LogP contribution in [0.4, 0.5) is 0 Å². The van der Waals surface area contributed by atoms with Crippen LogP contribution in [0.3, 0.4) is 0 Å². The molecule has 0 N–H and O–H groups in total. The Balaban J connectivity index is 2.47. The Hall–Kier alpha value is 0.390. The minimum Gasteiger partial charge on any atom is -0.627 e. The SMILES string of the molecule is CC1=CC(I)[N+]1([O-])CCC(C)C. The van der Waals surface area contributed by atoms with Crippen molar-refractivity contribution >= 4 is 22.6 Å². The van der Waals surface area contributed by atoms with Crippen LogP contribution in [0.25, 0.3) is 0 Å². The minimum absolute atomic E-state index is 0.0846. The highest BCUT2D eigenvalue weighted by Crippen LogP contribution is 2.36. The molecule has 0 saturated carbocycles. The first-order valence-corrected chi connectivity index (χ1v) is 5.63. The van der Waals surface area contributed by atoms with Crippen molar-refractivity contribution < 1.29 is 4.65 Å². The number of allylic oxidation sites excluding steroid dienone is 1. The van der Waals surface area contributed by atoms with Crippen LogP contribution < -0.4 is 0 Å². The number of alkyl halides is 1. The molecule has 2 atom stereocenters. The van der Waals surface area contributed by atoms with E-state index < -0.39 is 0 Å². The van der Waals surface area contributed by atoms with Gasteiger partial charge in [0.15, 0.2) is 4.05 Å². The van der Waals surface area contributed by atoms with E-state index in [-0.39, 0.29) is 8.69 Å². The Labute approximate surface area is 87.9 Å². The van der Waals surface area contributed by atoms with Gasteiger partial charge in [0.25, 0.3) is 0 Å². The summed E-state index contributed by atoms with van der Waals surface area (Å²) < 4.78 is 0.0694.